The molecule has 31 heavy (non-hydrogen) atoms. The Hall–Kier alpha value is -2.72. The smallest absolute Gasteiger partial charge is 0.330 e. The van der Waals surface area contributed by atoms with Gasteiger partial charge in [0.2, 0.25) is 10.0 Å². The van der Waals surface area contributed by atoms with Gasteiger partial charge in [0.05, 0.1) is 18.7 Å². The highest BCUT2D eigenvalue weighted by atomic mass is 32.2. The summed E-state index contributed by atoms with van der Waals surface area (Å²) in [4.78, 5) is 17.5. The van der Waals surface area contributed by atoms with Crippen molar-refractivity contribution >= 4 is 21.2 Å². The second-order valence-electron chi connectivity index (χ2n) is 8.15. The molecule has 164 valence electrons. The van der Waals surface area contributed by atoms with Crippen LogP contribution in [0.2, 0.25) is 0 Å². The molecule has 1 saturated carbocycles. The third-order valence-corrected chi connectivity index (χ3v) is 7.98. The van der Waals surface area contributed by atoms with Gasteiger partial charge < -0.3 is 4.74 Å². The maximum absolute atomic E-state index is 13.8. The molecule has 0 radical (unpaired) electrons. The van der Waals surface area contributed by atoms with Crippen molar-refractivity contribution in [3.05, 3.63) is 52.8 Å². The number of methoxy groups -OCH3 is 1. The lowest BCUT2D eigenvalue weighted by atomic mass is 10.2. The van der Waals surface area contributed by atoms with Crippen molar-refractivity contribution in [2.45, 2.75) is 36.7 Å². The van der Waals surface area contributed by atoms with Gasteiger partial charge in [-0.3, -0.25) is 9.13 Å². The quantitative estimate of drug-likeness (QED) is 0.580. The number of sulfonamides is 1. The highest BCUT2D eigenvalue weighted by molar-refractivity contribution is 7.89. The fourth-order valence-electron chi connectivity index (χ4n) is 4.30. The van der Waals surface area contributed by atoms with Crippen LogP contribution >= 0.6 is 0 Å². The Balaban J connectivity index is 1.50. The number of benzene rings is 1. The first-order chi connectivity index (χ1) is 14.9. The van der Waals surface area contributed by atoms with E-state index in [1.807, 2.05) is 6.07 Å². The third kappa shape index (κ3) is 3.43. The van der Waals surface area contributed by atoms with Crippen LogP contribution in [-0.4, -0.2) is 47.0 Å². The van der Waals surface area contributed by atoms with Gasteiger partial charge in [-0.25, -0.2) is 22.6 Å². The van der Waals surface area contributed by atoms with E-state index in [1.165, 1.54) is 17.5 Å². The number of hydrogen-bond acceptors (Lipinski definition) is 5. The van der Waals surface area contributed by atoms with Crippen LogP contribution in [0.4, 0.5) is 4.39 Å². The van der Waals surface area contributed by atoms with E-state index < -0.39 is 15.8 Å². The molecule has 5 rings (SSSR count). The number of pyridine rings is 1. The fourth-order valence-corrected chi connectivity index (χ4v) is 5.96. The molecular formula is C21H23FN4O4S. The molecule has 2 fully saturated rings. The number of aromatic nitrogens is 3. The fraction of sp³-hybridized carbons (Fsp3) is 0.429. The molecule has 1 aliphatic heterocycles. The topological polar surface area (TPSA) is 86.4 Å². The Morgan fingerprint density at radius 1 is 1.23 bits per heavy atom. The zero-order valence-electron chi connectivity index (χ0n) is 17.1. The van der Waals surface area contributed by atoms with E-state index >= 15 is 0 Å². The maximum atomic E-state index is 13.8. The van der Waals surface area contributed by atoms with E-state index in [4.69, 9.17) is 4.74 Å². The van der Waals surface area contributed by atoms with Crippen LogP contribution in [0.3, 0.4) is 0 Å². The van der Waals surface area contributed by atoms with Crippen molar-refractivity contribution in [3.8, 4) is 5.75 Å². The Morgan fingerprint density at radius 3 is 2.77 bits per heavy atom. The van der Waals surface area contributed by atoms with E-state index in [2.05, 4.69) is 4.98 Å². The van der Waals surface area contributed by atoms with Crippen LogP contribution in [-0.2, 0) is 16.6 Å². The molecule has 1 atom stereocenters. The summed E-state index contributed by atoms with van der Waals surface area (Å²) in [6, 6.07) is 6.76. The van der Waals surface area contributed by atoms with Gasteiger partial charge in [0.15, 0.2) is 5.65 Å². The van der Waals surface area contributed by atoms with Crippen LogP contribution in [0.1, 0.15) is 25.3 Å². The molecule has 0 amide bonds. The van der Waals surface area contributed by atoms with E-state index in [9.17, 15) is 17.6 Å². The molecule has 0 unspecified atom stereocenters. The predicted molar refractivity (Wildman–Crippen MR) is 112 cm³/mol. The summed E-state index contributed by atoms with van der Waals surface area (Å²) < 4.78 is 50.0. The molecule has 0 N–H and O–H groups in total. The first kappa shape index (κ1) is 20.2. The Labute approximate surface area is 178 Å². The highest BCUT2D eigenvalue weighted by Gasteiger charge is 2.37. The van der Waals surface area contributed by atoms with Gasteiger partial charge in [-0.15, -0.1) is 0 Å². The van der Waals surface area contributed by atoms with Crippen molar-refractivity contribution in [1.82, 2.24) is 18.4 Å². The minimum absolute atomic E-state index is 0.0877. The van der Waals surface area contributed by atoms with Crippen LogP contribution in [0.15, 0.2) is 46.2 Å². The second-order valence-corrected chi connectivity index (χ2v) is 10.1. The van der Waals surface area contributed by atoms with Crippen LogP contribution in [0, 0.1) is 11.7 Å². The predicted octanol–water partition coefficient (Wildman–Crippen LogP) is 2.39. The molecule has 1 aromatic carbocycles. The average Bonchev–Trinajstić information content (AvgIpc) is 3.37. The van der Waals surface area contributed by atoms with Crippen molar-refractivity contribution < 1.29 is 17.5 Å². The van der Waals surface area contributed by atoms with E-state index in [0.29, 0.717) is 24.5 Å². The van der Waals surface area contributed by atoms with Crippen molar-refractivity contribution in [3.63, 3.8) is 0 Å². The lowest BCUT2D eigenvalue weighted by molar-refractivity contribution is 0.395. The summed E-state index contributed by atoms with van der Waals surface area (Å²) in [6.45, 7) is 0.992. The summed E-state index contributed by atoms with van der Waals surface area (Å²) in [7, 11) is -2.64. The van der Waals surface area contributed by atoms with E-state index in [0.717, 1.165) is 30.5 Å². The molecule has 3 aromatic rings. The van der Waals surface area contributed by atoms with Gasteiger partial charge in [0.25, 0.3) is 0 Å². The molecule has 1 aliphatic carbocycles. The van der Waals surface area contributed by atoms with Crippen LogP contribution in [0.5, 0.6) is 5.75 Å². The number of nitrogens with zero attached hydrogens (tertiary/aromatic N) is 4. The zero-order chi connectivity index (χ0) is 21.8. The summed E-state index contributed by atoms with van der Waals surface area (Å²) in [5.74, 6) is -0.0544. The molecule has 0 bridgehead atoms. The van der Waals surface area contributed by atoms with Gasteiger partial charge in [-0.1, -0.05) is 0 Å². The zero-order valence-corrected chi connectivity index (χ0v) is 17.9. The summed E-state index contributed by atoms with van der Waals surface area (Å²) in [6.07, 6.45) is 4.34. The molecule has 10 heteroatoms. The number of fused-ring (bicyclic) bond motifs is 1. The van der Waals surface area contributed by atoms with Crippen molar-refractivity contribution in [1.29, 1.82) is 0 Å². The largest absolute Gasteiger partial charge is 0.495 e. The lowest BCUT2D eigenvalue weighted by Crippen LogP contribution is -2.32. The third-order valence-electron chi connectivity index (χ3n) is 6.09. The first-order valence-electron chi connectivity index (χ1n) is 10.3. The Bertz CT molecular complexity index is 1310. The number of halogens is 1. The van der Waals surface area contributed by atoms with Gasteiger partial charge in [0.1, 0.15) is 16.5 Å². The molecule has 2 aromatic heterocycles. The average molecular weight is 447 g/mol. The van der Waals surface area contributed by atoms with Gasteiger partial charge in [-0.2, -0.15) is 4.31 Å². The van der Waals surface area contributed by atoms with Gasteiger partial charge >= 0.3 is 5.69 Å². The van der Waals surface area contributed by atoms with Gasteiger partial charge in [0, 0.05) is 25.8 Å². The molecule has 0 spiro atoms. The lowest BCUT2D eigenvalue weighted by Gasteiger charge is -2.18. The standard InChI is InChI=1S/C21H23FN4O4S/c1-30-18-7-6-15(22)11-19(18)31(28,29)24-10-8-16(13-24)26-20-17(3-2-9-23-20)25(21(26)27)12-14-4-5-14/h2-3,6-7,9,11,14,16H,4-5,8,10,12-13H2,1H3/t16-/m1/s1. The second kappa shape index (κ2) is 7.45. The number of rotatable bonds is 6. The molecule has 1 saturated heterocycles. The summed E-state index contributed by atoms with van der Waals surface area (Å²) >= 11 is 0. The molecule has 3 heterocycles. The monoisotopic (exact) mass is 446 g/mol. The van der Waals surface area contributed by atoms with Crippen LogP contribution in [0.25, 0.3) is 11.2 Å². The minimum atomic E-state index is -3.99. The normalized spacial score (nSPS) is 19.9. The molecule has 2 aliphatic rings. The minimum Gasteiger partial charge on any atom is -0.495 e. The van der Waals surface area contributed by atoms with Crippen LogP contribution < -0.4 is 10.4 Å². The SMILES string of the molecule is COc1ccc(F)cc1S(=O)(=O)N1CC[C@@H](n2c(=O)n(CC3CC3)c3cccnc32)C1. The molecule has 8 nitrogen and oxygen atoms in total. The number of hydrogen-bond donors (Lipinski definition) is 0. The maximum Gasteiger partial charge on any atom is 0.330 e. The summed E-state index contributed by atoms with van der Waals surface area (Å²) in [5.41, 5.74) is 1.18. The van der Waals surface area contributed by atoms with Crippen molar-refractivity contribution in [2.24, 2.45) is 5.92 Å². The molecular weight excluding hydrogens is 423 g/mol. The highest BCUT2D eigenvalue weighted by Crippen LogP contribution is 2.34. The Kier molecular flexibility index (Phi) is 4.86. The van der Waals surface area contributed by atoms with Gasteiger partial charge in [-0.05, 0) is 55.5 Å². The van der Waals surface area contributed by atoms with E-state index in [-0.39, 0.29) is 35.5 Å². The number of imidazole rings is 1. The number of ether oxygens (including phenoxy) is 1. The summed E-state index contributed by atoms with van der Waals surface area (Å²) in [5, 5.41) is 0. The van der Waals surface area contributed by atoms with E-state index in [1.54, 1.807) is 21.4 Å². The Morgan fingerprint density at radius 2 is 2.03 bits per heavy atom. The first-order valence-corrected chi connectivity index (χ1v) is 11.7. The van der Waals surface area contributed by atoms with Crippen molar-refractivity contribution in [2.75, 3.05) is 20.2 Å².